The second kappa shape index (κ2) is 10.6. The molecule has 2 bridgehead atoms. The van der Waals surface area contributed by atoms with Crippen molar-refractivity contribution in [2.75, 3.05) is 37.0 Å². The van der Waals surface area contributed by atoms with Gasteiger partial charge in [-0.1, -0.05) is 12.2 Å². The van der Waals surface area contributed by atoms with E-state index in [1.165, 1.54) is 28.1 Å². The van der Waals surface area contributed by atoms with E-state index in [9.17, 15) is 19.6 Å². The number of nitrogens with one attached hydrogen (secondary N) is 1. The van der Waals surface area contributed by atoms with Crippen molar-refractivity contribution in [1.29, 1.82) is 0 Å². The molecule has 7 heterocycles. The van der Waals surface area contributed by atoms with E-state index in [0.717, 1.165) is 11.8 Å². The van der Waals surface area contributed by atoms with E-state index in [1.807, 2.05) is 0 Å². The number of fused-ring (bicyclic) bond motifs is 4. The predicted octanol–water partition coefficient (Wildman–Crippen LogP) is -0.0730. The molecule has 44 heavy (non-hydrogen) atoms. The highest BCUT2D eigenvalue weighted by atomic mass is 32.7. The number of anilines is 2. The van der Waals surface area contributed by atoms with E-state index in [-0.39, 0.29) is 41.7 Å². The third-order valence-corrected chi connectivity index (χ3v) is 10.9. The van der Waals surface area contributed by atoms with Crippen molar-refractivity contribution in [3.05, 3.63) is 29.3 Å². The van der Waals surface area contributed by atoms with Crippen molar-refractivity contribution in [2.45, 2.75) is 47.6 Å². The number of aromatic nitrogens is 8. The van der Waals surface area contributed by atoms with Crippen molar-refractivity contribution in [1.82, 2.24) is 39.0 Å². The highest BCUT2D eigenvalue weighted by molar-refractivity contribution is 8.44. The standard InChI is InChI=1S/C22H26FN10O8PS2/c23-21(1-2-34)5-44-19(33-8-29-10-16(33)30-20(25)31-17(10)36)13(21)41-42(37,43)39-4-22-3-38-11(12(22)35)18(40-22)32-7-28-9-14(24)26-6-27-15(9)32/h6-8,11-13,18-19,34-35H,1-5H2,(H,37,43)(H2,24,26,27)(H3,25,30,31,36)/t11-,12+,13+,18-,19-,21+,22-,42?/m1/s1. The normalized spacial score (nSPS) is 33.0. The number of thiol groups is 1. The molecule has 4 aromatic heterocycles. The second-order valence-electron chi connectivity index (χ2n) is 10.6. The molecule has 1 unspecified atom stereocenters. The van der Waals surface area contributed by atoms with E-state index < -0.39 is 66.8 Å². The molecular weight excluding hydrogens is 646 g/mol. The molecule has 0 radical (unpaired) electrons. The first-order valence-electron chi connectivity index (χ1n) is 13.2. The third kappa shape index (κ3) is 4.69. The van der Waals surface area contributed by atoms with Crippen LogP contribution in [0.4, 0.5) is 16.2 Å². The first-order chi connectivity index (χ1) is 21.0. The van der Waals surface area contributed by atoms with Gasteiger partial charge in [0.1, 0.15) is 41.1 Å². The molecule has 3 fully saturated rings. The minimum atomic E-state index is -4.40. The Morgan fingerprint density at radius 3 is 2.80 bits per heavy atom. The van der Waals surface area contributed by atoms with Gasteiger partial charge in [0, 0.05) is 18.8 Å². The molecule has 3 aliphatic heterocycles. The van der Waals surface area contributed by atoms with Crippen LogP contribution in [0.25, 0.3) is 22.3 Å². The fraction of sp³-hybridized carbons (Fsp3) is 0.545. The lowest BCUT2D eigenvalue weighted by Gasteiger charge is -2.33. The summed E-state index contributed by atoms with van der Waals surface area (Å²) in [4.78, 5) is 35.2. The SMILES string of the molecule is Nc1nc2c(ncn2[C@@H]2SC[C@@](F)(CCO)[C@H]2OP(=O)(S)OC[C@@]23CO[C@@H]([C@H](n4cnc5c(N)ncnc54)O2)[C@@H]3O)c(=O)[nH]1. The molecule has 7 rings (SSSR count). The molecule has 3 aliphatic rings. The number of aliphatic hydroxyl groups is 2. The number of alkyl halides is 1. The molecule has 4 aromatic rings. The number of nitrogens with two attached hydrogens (primary N) is 2. The number of hydrogen-bond acceptors (Lipinski definition) is 16. The Kier molecular flexibility index (Phi) is 7.18. The first-order valence-corrected chi connectivity index (χ1v) is 16.9. The zero-order valence-corrected chi connectivity index (χ0v) is 25.1. The van der Waals surface area contributed by atoms with Crippen LogP contribution in [-0.4, -0.2) is 104 Å². The number of imidazole rings is 2. The topological polar surface area (TPSA) is 254 Å². The van der Waals surface area contributed by atoms with Gasteiger partial charge in [-0.3, -0.25) is 28.0 Å². The molecule has 22 heteroatoms. The van der Waals surface area contributed by atoms with Crippen LogP contribution in [0, 0.1) is 0 Å². The van der Waals surface area contributed by atoms with Gasteiger partial charge in [-0.2, -0.15) is 4.98 Å². The summed E-state index contributed by atoms with van der Waals surface area (Å²) >= 11 is 5.19. The monoisotopic (exact) mass is 672 g/mol. The summed E-state index contributed by atoms with van der Waals surface area (Å²) in [5, 5.41) is 19.8. The Balaban J connectivity index is 1.13. The van der Waals surface area contributed by atoms with Gasteiger partial charge in [0.25, 0.3) is 5.56 Å². The number of hydrogen-bond donors (Lipinski definition) is 6. The van der Waals surface area contributed by atoms with Gasteiger partial charge >= 0.3 is 6.80 Å². The number of ether oxygens (including phenoxy) is 2. The van der Waals surface area contributed by atoms with E-state index in [0.29, 0.717) is 11.2 Å². The maximum absolute atomic E-state index is 16.2. The largest absolute Gasteiger partial charge is 0.396 e. The highest BCUT2D eigenvalue weighted by Crippen LogP contribution is 2.61. The summed E-state index contributed by atoms with van der Waals surface area (Å²) in [6.07, 6.45) is -0.874. The van der Waals surface area contributed by atoms with Crippen LogP contribution in [0.15, 0.2) is 23.8 Å². The van der Waals surface area contributed by atoms with Crippen LogP contribution in [0.3, 0.4) is 0 Å². The maximum atomic E-state index is 16.2. The van der Waals surface area contributed by atoms with Gasteiger partial charge in [-0.15, -0.1) is 11.8 Å². The summed E-state index contributed by atoms with van der Waals surface area (Å²) in [6.45, 7) is -5.54. The van der Waals surface area contributed by atoms with E-state index >= 15 is 4.39 Å². The predicted molar refractivity (Wildman–Crippen MR) is 155 cm³/mol. The summed E-state index contributed by atoms with van der Waals surface area (Å²) in [5.74, 6) is -0.183. The molecule has 8 atom stereocenters. The van der Waals surface area contributed by atoms with Crippen molar-refractivity contribution in [2.24, 2.45) is 0 Å². The Hall–Kier alpha value is -2.88. The van der Waals surface area contributed by atoms with Gasteiger partial charge in [-0.25, -0.2) is 28.9 Å². The van der Waals surface area contributed by atoms with Crippen LogP contribution < -0.4 is 17.0 Å². The number of aliphatic hydroxyl groups excluding tert-OH is 2. The van der Waals surface area contributed by atoms with E-state index in [1.54, 1.807) is 0 Å². The zero-order valence-electron chi connectivity index (χ0n) is 22.5. The van der Waals surface area contributed by atoms with Crippen LogP contribution >= 0.6 is 30.8 Å². The van der Waals surface area contributed by atoms with Gasteiger partial charge in [0.15, 0.2) is 34.5 Å². The fourth-order valence-electron chi connectivity index (χ4n) is 5.71. The Morgan fingerprint density at radius 2 is 2.00 bits per heavy atom. The number of aromatic amines is 1. The minimum absolute atomic E-state index is 0.0426. The lowest BCUT2D eigenvalue weighted by atomic mass is 9.97. The molecule has 0 aliphatic carbocycles. The number of nitrogen functional groups attached to an aromatic ring is 2. The molecule has 3 saturated heterocycles. The van der Waals surface area contributed by atoms with Crippen molar-refractivity contribution in [3.63, 3.8) is 0 Å². The number of halogens is 1. The molecule has 0 aromatic carbocycles. The minimum Gasteiger partial charge on any atom is -0.396 e. The van der Waals surface area contributed by atoms with Crippen molar-refractivity contribution < 1.29 is 37.7 Å². The highest BCUT2D eigenvalue weighted by Gasteiger charge is 2.63. The maximum Gasteiger partial charge on any atom is 0.386 e. The van der Waals surface area contributed by atoms with Crippen LogP contribution in [0.1, 0.15) is 18.0 Å². The van der Waals surface area contributed by atoms with Gasteiger partial charge in [-0.05, 0) is 0 Å². The lowest BCUT2D eigenvalue weighted by molar-refractivity contribution is -0.183. The summed E-state index contributed by atoms with van der Waals surface area (Å²) in [6, 6.07) is 0. The lowest BCUT2D eigenvalue weighted by Crippen LogP contribution is -2.45. The van der Waals surface area contributed by atoms with E-state index in [4.69, 9.17) is 30.0 Å². The van der Waals surface area contributed by atoms with Crippen LogP contribution in [-0.2, 0) is 23.1 Å². The molecule has 18 nitrogen and oxygen atoms in total. The fourth-order valence-corrected chi connectivity index (χ4v) is 8.85. The van der Waals surface area contributed by atoms with Gasteiger partial charge in [0.2, 0.25) is 5.95 Å². The van der Waals surface area contributed by atoms with Gasteiger partial charge in [0.05, 0.1) is 25.9 Å². The quantitative estimate of drug-likeness (QED) is 0.100. The third-order valence-electron chi connectivity index (χ3n) is 7.90. The smallest absolute Gasteiger partial charge is 0.386 e. The summed E-state index contributed by atoms with van der Waals surface area (Å²) < 4.78 is 56.2. The number of H-pyrrole nitrogens is 1. The van der Waals surface area contributed by atoms with E-state index in [2.05, 4.69) is 42.2 Å². The average Bonchev–Trinajstić information content (AvgIpc) is 3.77. The first kappa shape index (κ1) is 29.8. The second-order valence-corrected chi connectivity index (χ2v) is 14.6. The molecule has 0 spiro atoms. The number of rotatable bonds is 9. The van der Waals surface area contributed by atoms with Crippen LogP contribution in [0.5, 0.6) is 0 Å². The Morgan fingerprint density at radius 1 is 1.23 bits per heavy atom. The Labute approximate surface area is 255 Å². The molecule has 0 amide bonds. The number of nitrogens with zero attached hydrogens (tertiary/aromatic N) is 7. The zero-order chi connectivity index (χ0) is 31.0. The van der Waals surface area contributed by atoms with Crippen LogP contribution in [0.2, 0.25) is 0 Å². The summed E-state index contributed by atoms with van der Waals surface area (Å²) in [7, 11) is 0. The molecule has 7 N–H and O–H groups in total. The van der Waals surface area contributed by atoms with Gasteiger partial charge < -0.3 is 31.2 Å². The molecule has 0 saturated carbocycles. The Bertz CT molecular complexity index is 1860. The number of thioether (sulfide) groups is 1. The average molecular weight is 673 g/mol. The molecule has 236 valence electrons. The summed E-state index contributed by atoms with van der Waals surface area (Å²) in [5.41, 5.74) is 8.03. The van der Waals surface area contributed by atoms with Crippen molar-refractivity contribution in [3.8, 4) is 0 Å². The van der Waals surface area contributed by atoms with Crippen molar-refractivity contribution >= 4 is 64.9 Å². The molecular formula is C22H26FN10O8PS2.